The van der Waals surface area contributed by atoms with Gasteiger partial charge in [0.05, 0.1) is 36.3 Å². The summed E-state index contributed by atoms with van der Waals surface area (Å²) in [6.07, 6.45) is 3.25. The average molecular weight is 727 g/mol. The molecule has 2 saturated heterocycles. The van der Waals surface area contributed by atoms with Crippen LogP contribution in [0.25, 0.3) is 10.9 Å². The topological polar surface area (TPSA) is 165 Å². The van der Waals surface area contributed by atoms with E-state index in [4.69, 9.17) is 0 Å². The number of aromatic nitrogens is 1. The minimum Gasteiger partial charge on any atom is -0.477 e. The molecule has 0 spiro atoms. The van der Waals surface area contributed by atoms with Gasteiger partial charge in [-0.3, -0.25) is 24.3 Å². The Morgan fingerprint density at radius 1 is 1.10 bits per heavy atom. The molecule has 13 nitrogen and oxygen atoms in total. The van der Waals surface area contributed by atoms with Crippen LogP contribution < -0.4 is 15.6 Å². The maximum absolute atomic E-state index is 15.3. The third-order valence-corrected chi connectivity index (χ3v) is 11.9. The molecule has 3 N–H and O–H groups in total. The van der Waals surface area contributed by atoms with E-state index in [0.717, 1.165) is 23.8 Å². The van der Waals surface area contributed by atoms with E-state index in [1.807, 2.05) is 27.4 Å². The van der Waals surface area contributed by atoms with Crippen molar-refractivity contribution in [3.63, 3.8) is 0 Å². The number of aromatic carboxylic acids is 1. The molecule has 2 unspecified atom stereocenters. The maximum atomic E-state index is 15.3. The number of anilines is 1. The Bertz CT molecular complexity index is 1970. The number of thioether (sulfide) groups is 2. The van der Waals surface area contributed by atoms with Gasteiger partial charge in [-0.05, 0) is 42.0 Å². The molecule has 2 amide bonds. The fourth-order valence-corrected chi connectivity index (χ4v) is 9.18. The monoisotopic (exact) mass is 726 g/mol. The second kappa shape index (κ2) is 13.5. The number of nitrogens with zero attached hydrogens (tertiary/aromatic N) is 5. The van der Waals surface area contributed by atoms with Gasteiger partial charge < -0.3 is 25.0 Å². The lowest BCUT2D eigenvalue weighted by atomic mass is 10.0. The van der Waals surface area contributed by atoms with Crippen LogP contribution in [0.5, 0.6) is 0 Å². The van der Waals surface area contributed by atoms with E-state index in [-0.39, 0.29) is 35.0 Å². The number of carbonyl (C=O) groups is 4. The van der Waals surface area contributed by atoms with Crippen molar-refractivity contribution in [2.45, 2.75) is 36.7 Å². The molecule has 1 saturated carbocycles. The second-order valence-corrected chi connectivity index (χ2v) is 15.0. The molecule has 3 aliphatic heterocycles. The van der Waals surface area contributed by atoms with Crippen molar-refractivity contribution in [1.82, 2.24) is 19.8 Å². The Balaban J connectivity index is 0.953. The molecule has 3 fully saturated rings. The largest absolute Gasteiger partial charge is 0.477 e. The van der Waals surface area contributed by atoms with E-state index >= 15 is 4.39 Å². The first-order valence-electron chi connectivity index (χ1n) is 15.6. The number of carboxylic acids is 2. The zero-order valence-electron chi connectivity index (χ0n) is 25.9. The Kier molecular flexibility index (Phi) is 9.15. The summed E-state index contributed by atoms with van der Waals surface area (Å²) in [6.45, 7) is 1.90. The fraction of sp³-hybridized carbons (Fsp3) is 0.375. The minimum atomic E-state index is -1.34. The van der Waals surface area contributed by atoms with Gasteiger partial charge in [0, 0.05) is 47.1 Å². The number of halogens is 1. The van der Waals surface area contributed by atoms with Crippen molar-refractivity contribution in [1.29, 1.82) is 0 Å². The lowest BCUT2D eigenvalue weighted by Gasteiger charge is -2.49. The fourth-order valence-electron chi connectivity index (χ4n) is 6.29. The number of pyridine rings is 1. The number of carbonyl (C=O) groups excluding carboxylic acids is 2. The van der Waals surface area contributed by atoms with Gasteiger partial charge in [0.2, 0.25) is 11.3 Å². The molecule has 5 heterocycles. The van der Waals surface area contributed by atoms with Gasteiger partial charge in [0.15, 0.2) is 0 Å². The zero-order chi connectivity index (χ0) is 34.4. The van der Waals surface area contributed by atoms with Gasteiger partial charge >= 0.3 is 11.9 Å². The maximum Gasteiger partial charge on any atom is 0.352 e. The number of benzene rings is 1. The van der Waals surface area contributed by atoms with Crippen LogP contribution in [0.3, 0.4) is 0 Å². The van der Waals surface area contributed by atoms with Crippen molar-refractivity contribution >= 4 is 80.8 Å². The molecule has 256 valence electrons. The highest BCUT2D eigenvalue weighted by atomic mass is 32.2. The predicted molar refractivity (Wildman–Crippen MR) is 186 cm³/mol. The van der Waals surface area contributed by atoms with Gasteiger partial charge in [0.25, 0.3) is 5.91 Å². The number of piperazine rings is 1. The van der Waals surface area contributed by atoms with Crippen LogP contribution in [0.1, 0.15) is 34.1 Å². The molecular weight excluding hydrogens is 696 g/mol. The van der Waals surface area contributed by atoms with Gasteiger partial charge in [-0.25, -0.2) is 14.0 Å². The molecule has 3 aromatic rings. The summed E-state index contributed by atoms with van der Waals surface area (Å²) in [5.41, 5.74) is 1.97. The SMILES string of the molecule is O=C(Cc1cccs1)NC1C(=O)N2C(C(=O)O)=C(CSC=NN3CCN(c4cc5c(cc4F)c(=O)c(C(=O)O)cn5C4CC4)CC3)CSC12. The molecule has 49 heavy (non-hydrogen) atoms. The van der Waals surface area contributed by atoms with Crippen molar-refractivity contribution in [2.24, 2.45) is 5.10 Å². The Morgan fingerprint density at radius 3 is 2.55 bits per heavy atom. The van der Waals surface area contributed by atoms with Crippen molar-refractivity contribution in [3.05, 3.63) is 73.6 Å². The molecule has 7 rings (SSSR count). The van der Waals surface area contributed by atoms with E-state index in [1.54, 1.807) is 16.2 Å². The Labute approximate surface area is 291 Å². The summed E-state index contributed by atoms with van der Waals surface area (Å²) in [5, 5.41) is 30.0. The van der Waals surface area contributed by atoms with E-state index in [0.29, 0.717) is 54.5 Å². The average Bonchev–Trinajstić information content (AvgIpc) is 3.80. The van der Waals surface area contributed by atoms with E-state index in [9.17, 15) is 34.2 Å². The summed E-state index contributed by atoms with van der Waals surface area (Å²) in [7, 11) is 0. The van der Waals surface area contributed by atoms with Crippen LogP contribution in [0.4, 0.5) is 10.1 Å². The molecule has 1 aromatic carbocycles. The number of hydrogen-bond donors (Lipinski definition) is 3. The highest BCUT2D eigenvalue weighted by Gasteiger charge is 2.54. The highest BCUT2D eigenvalue weighted by Crippen LogP contribution is 2.41. The number of rotatable bonds is 11. The highest BCUT2D eigenvalue weighted by molar-refractivity contribution is 8.12. The molecule has 4 aliphatic rings. The lowest BCUT2D eigenvalue weighted by molar-refractivity contribution is -0.150. The summed E-state index contributed by atoms with van der Waals surface area (Å²) < 4.78 is 17.1. The van der Waals surface area contributed by atoms with Crippen LogP contribution >= 0.6 is 34.9 Å². The number of carboxylic acid groups (broad SMARTS) is 2. The zero-order valence-corrected chi connectivity index (χ0v) is 28.4. The number of nitrogens with one attached hydrogen (secondary N) is 1. The number of hydrazone groups is 1. The van der Waals surface area contributed by atoms with Gasteiger partial charge in [-0.15, -0.1) is 34.9 Å². The van der Waals surface area contributed by atoms with Crippen LogP contribution in [-0.2, 0) is 20.8 Å². The molecular formula is C32H31FN6O7S3. The Hall–Kier alpha value is -4.35. The van der Waals surface area contributed by atoms with Crippen LogP contribution in [0, 0.1) is 5.82 Å². The normalized spacial score (nSPS) is 20.9. The van der Waals surface area contributed by atoms with E-state index in [1.165, 1.54) is 46.0 Å². The van der Waals surface area contributed by atoms with Crippen LogP contribution in [-0.4, -0.2) is 103 Å². The van der Waals surface area contributed by atoms with E-state index < -0.39 is 40.5 Å². The van der Waals surface area contributed by atoms with Gasteiger partial charge in [-0.1, -0.05) is 6.07 Å². The number of amides is 2. The quantitative estimate of drug-likeness (QED) is 0.151. The first-order chi connectivity index (χ1) is 23.6. The lowest BCUT2D eigenvalue weighted by Crippen LogP contribution is -2.70. The van der Waals surface area contributed by atoms with Crippen LogP contribution in [0.2, 0.25) is 0 Å². The third kappa shape index (κ3) is 6.53. The summed E-state index contributed by atoms with van der Waals surface area (Å²) in [5.74, 6) is -3.12. The minimum absolute atomic E-state index is 0.0456. The van der Waals surface area contributed by atoms with Crippen molar-refractivity contribution < 1.29 is 33.8 Å². The molecule has 0 bridgehead atoms. The molecule has 2 aromatic heterocycles. The smallest absolute Gasteiger partial charge is 0.352 e. The summed E-state index contributed by atoms with van der Waals surface area (Å²) >= 11 is 4.18. The second-order valence-electron chi connectivity index (χ2n) is 12.1. The van der Waals surface area contributed by atoms with Crippen LogP contribution in [0.15, 0.2) is 57.0 Å². The standard InChI is InChI=1S/C32H31FN6O7S3/c33-22-11-20-23(38(18-3-4-18)13-21(28(20)41)31(43)44)12-24(22)36-5-7-37(8-6-36)34-16-47-14-17-15-49-30-26(29(42)39(30)27(17)32(45)46)35-25(40)10-19-2-1-9-48-19/h1-2,9,11-13,16,18,26,30H,3-8,10,14-15H2,(H,35,40)(H,43,44)(H,45,46). The summed E-state index contributed by atoms with van der Waals surface area (Å²) in [4.78, 5) is 66.1. The molecule has 17 heteroatoms. The number of thiophene rings is 1. The van der Waals surface area contributed by atoms with Crippen molar-refractivity contribution in [3.8, 4) is 0 Å². The molecule has 2 atom stereocenters. The first kappa shape index (κ1) is 33.2. The number of fused-ring (bicyclic) bond motifs is 2. The predicted octanol–water partition coefficient (Wildman–Crippen LogP) is 3.02. The number of β-lactam (4-membered cyclic amide) rings is 1. The van der Waals surface area contributed by atoms with Gasteiger partial charge in [0.1, 0.15) is 28.5 Å². The molecule has 0 radical (unpaired) electrons. The molecule has 1 aliphatic carbocycles. The third-order valence-electron chi connectivity index (χ3n) is 8.89. The van der Waals surface area contributed by atoms with Gasteiger partial charge in [-0.2, -0.15) is 5.10 Å². The Morgan fingerprint density at radius 2 is 1.88 bits per heavy atom. The first-order valence-corrected chi connectivity index (χ1v) is 18.6. The van der Waals surface area contributed by atoms with E-state index in [2.05, 4.69) is 10.4 Å². The summed E-state index contributed by atoms with van der Waals surface area (Å²) in [6, 6.07) is 5.78. The number of hydrogen-bond acceptors (Lipinski definition) is 11. The number of aliphatic carboxylic acids is 1. The van der Waals surface area contributed by atoms with Crippen molar-refractivity contribution in [2.75, 3.05) is 42.6 Å².